The molecule has 1 heterocycles. The summed E-state index contributed by atoms with van der Waals surface area (Å²) >= 11 is 9.53. The Hall–Kier alpha value is 0.460. The molecule has 1 aliphatic heterocycles. The first-order chi connectivity index (χ1) is 5.91. The maximum Gasteiger partial charge on any atom is 0.0967 e. The molecular weight excluding hydrogens is 227 g/mol. The molecule has 0 bridgehead atoms. The van der Waals surface area contributed by atoms with Crippen LogP contribution in [0.15, 0.2) is 0 Å². The molecule has 0 aliphatic carbocycles. The van der Waals surface area contributed by atoms with E-state index in [0.717, 1.165) is 13.2 Å². The zero-order valence-electron chi connectivity index (χ0n) is 9.15. The zero-order valence-corrected chi connectivity index (χ0v) is 10.7. The molecule has 14 heavy (non-hydrogen) atoms. The first kappa shape index (κ1) is 19.9. The van der Waals surface area contributed by atoms with Gasteiger partial charge >= 0.3 is 0 Å². The minimum Gasteiger partial charge on any atom is -0.412 e. The van der Waals surface area contributed by atoms with E-state index in [9.17, 15) is 0 Å². The molecule has 1 fully saturated rings. The number of hydrogen-bond acceptors (Lipinski definition) is 2. The van der Waals surface area contributed by atoms with Crippen molar-refractivity contribution in [2.75, 3.05) is 18.6 Å². The average molecular weight is 249 g/mol. The fourth-order valence-electron chi connectivity index (χ4n) is 0.510. The third-order valence-electron chi connectivity index (χ3n) is 0.827. The Kier molecular flexibility index (Phi) is 19.2. The normalized spacial score (nSPS) is 14.1. The van der Waals surface area contributed by atoms with Crippen molar-refractivity contribution in [2.24, 2.45) is 0 Å². The summed E-state index contributed by atoms with van der Waals surface area (Å²) in [6.45, 7) is 7.23. The van der Waals surface area contributed by atoms with Gasteiger partial charge in [-0.25, -0.2) is 0 Å². The van der Waals surface area contributed by atoms with Gasteiger partial charge in [0.25, 0.3) is 0 Å². The molecule has 3 nitrogen and oxygen atoms in total. The highest BCUT2D eigenvalue weighted by Crippen LogP contribution is 1.98. The summed E-state index contributed by atoms with van der Waals surface area (Å²) in [5.74, 6) is 0. The second-order valence-corrected chi connectivity index (χ2v) is 4.40. The molecule has 1 saturated heterocycles. The summed E-state index contributed by atoms with van der Waals surface area (Å²) in [4.78, 5) is 0. The van der Waals surface area contributed by atoms with Crippen LogP contribution >= 0.6 is 23.2 Å². The summed E-state index contributed by atoms with van der Waals surface area (Å²) in [5, 5.41) is 8.72. The van der Waals surface area contributed by atoms with Gasteiger partial charge in [-0.05, 0) is 33.6 Å². The summed E-state index contributed by atoms with van der Waals surface area (Å²) in [6.07, 6.45) is 2.56. The van der Waals surface area contributed by atoms with Gasteiger partial charge in [0, 0.05) is 13.2 Å². The second kappa shape index (κ2) is 13.5. The number of alkyl halides is 2. The monoisotopic (exact) mass is 248 g/mol. The molecule has 3 N–H and O–H groups in total. The first-order valence-corrected chi connectivity index (χ1v) is 5.40. The highest BCUT2D eigenvalue weighted by atomic mass is 35.5. The molecule has 0 unspecified atom stereocenters. The third-order valence-corrected chi connectivity index (χ3v) is 0.827. The minimum absolute atomic E-state index is 0. The molecule has 0 spiro atoms. The van der Waals surface area contributed by atoms with Crippen LogP contribution in [0.1, 0.15) is 33.6 Å². The summed E-state index contributed by atoms with van der Waals surface area (Å²) in [6, 6.07) is 0. The van der Waals surface area contributed by atoms with Gasteiger partial charge in [-0.3, -0.25) is 0 Å². The van der Waals surface area contributed by atoms with Crippen LogP contribution in [0, 0.1) is 0 Å². The van der Waals surface area contributed by atoms with E-state index < -0.39 is 5.60 Å². The largest absolute Gasteiger partial charge is 0.412 e. The van der Waals surface area contributed by atoms with Crippen molar-refractivity contribution in [3.05, 3.63) is 0 Å². The minimum atomic E-state index is -0.500. The molecule has 0 radical (unpaired) electrons. The molecule has 1 aliphatic rings. The van der Waals surface area contributed by atoms with E-state index in [1.807, 2.05) is 0 Å². The molecule has 90 valence electrons. The number of rotatable bonds is 0. The van der Waals surface area contributed by atoms with Gasteiger partial charge in [0.15, 0.2) is 0 Å². The quantitative estimate of drug-likeness (QED) is 0.669. The Balaban J connectivity index is -0.000000130. The fourth-order valence-corrected chi connectivity index (χ4v) is 0.510. The maximum atomic E-state index is 8.52. The van der Waals surface area contributed by atoms with Crippen molar-refractivity contribution >= 4 is 23.2 Å². The Bertz CT molecular complexity index is 76.9. The molecule has 0 aromatic heterocycles. The average Bonchev–Trinajstić information content (AvgIpc) is 2.36. The van der Waals surface area contributed by atoms with Crippen molar-refractivity contribution < 1.29 is 15.3 Å². The summed E-state index contributed by atoms with van der Waals surface area (Å²) in [7, 11) is 0. The number of aliphatic hydroxyl groups is 1. The molecule has 0 amide bonds. The van der Waals surface area contributed by atoms with E-state index in [-0.39, 0.29) is 10.8 Å². The van der Waals surface area contributed by atoms with Crippen LogP contribution in [0.25, 0.3) is 0 Å². The van der Waals surface area contributed by atoms with Crippen LogP contribution in [0.3, 0.4) is 0 Å². The topological polar surface area (TPSA) is 61.0 Å². The van der Waals surface area contributed by atoms with E-state index in [4.69, 9.17) is 33.0 Å². The Morgan fingerprint density at radius 3 is 1.43 bits per heavy atom. The molecule has 0 aromatic carbocycles. The lowest BCUT2D eigenvalue weighted by molar-refractivity contribution is 0.102. The van der Waals surface area contributed by atoms with Crippen LogP contribution in [0.4, 0.5) is 0 Å². The van der Waals surface area contributed by atoms with Crippen LogP contribution in [-0.2, 0) is 4.74 Å². The lowest BCUT2D eigenvalue weighted by Gasteiger charge is -2.04. The second-order valence-electron chi connectivity index (χ2n) is 3.59. The van der Waals surface area contributed by atoms with Crippen LogP contribution in [0.5, 0.6) is 0 Å². The molecule has 0 saturated carbocycles. The number of halogens is 2. The van der Waals surface area contributed by atoms with Crippen LogP contribution < -0.4 is 0 Å². The predicted molar refractivity (Wildman–Crippen MR) is 62.2 cm³/mol. The van der Waals surface area contributed by atoms with Gasteiger partial charge in [-0.2, -0.15) is 0 Å². The summed E-state index contributed by atoms with van der Waals surface area (Å²) < 4.78 is 4.94. The van der Waals surface area contributed by atoms with E-state index in [1.54, 1.807) is 20.8 Å². The predicted octanol–water partition coefficient (Wildman–Crippen LogP) is 2.17. The Morgan fingerprint density at radius 1 is 1.14 bits per heavy atom. The SMILES string of the molecule is C1CCOC1.CC(C)(C)O.ClCCl.O. The standard InChI is InChI=1S/C4H8O.C4H10O.CH2Cl2.H2O/c1-2-4-5-3-1;1-4(2,3)5;2-1-3;/h1-4H2;5H,1-3H3;1H2;1H2. The van der Waals surface area contributed by atoms with Gasteiger partial charge in [-0.15, -0.1) is 23.2 Å². The molecular formula is C9H22Cl2O3. The van der Waals surface area contributed by atoms with Gasteiger partial charge in [0.2, 0.25) is 0 Å². The molecule has 0 atom stereocenters. The van der Waals surface area contributed by atoms with Gasteiger partial charge < -0.3 is 15.3 Å². The van der Waals surface area contributed by atoms with Gasteiger partial charge in [0.05, 0.1) is 10.9 Å². The van der Waals surface area contributed by atoms with Crippen molar-refractivity contribution in [2.45, 2.75) is 39.2 Å². The lowest BCUT2D eigenvalue weighted by Crippen LogP contribution is -2.10. The number of hydrogen-bond donors (Lipinski definition) is 1. The summed E-state index contributed by atoms with van der Waals surface area (Å²) in [5.41, 5.74) is -0.500. The maximum absolute atomic E-state index is 8.52. The Morgan fingerprint density at radius 2 is 1.36 bits per heavy atom. The molecule has 5 heteroatoms. The fraction of sp³-hybridized carbons (Fsp3) is 1.00. The van der Waals surface area contributed by atoms with Crippen LogP contribution in [-0.4, -0.2) is 34.7 Å². The van der Waals surface area contributed by atoms with Crippen molar-refractivity contribution in [3.8, 4) is 0 Å². The van der Waals surface area contributed by atoms with Gasteiger partial charge in [-0.1, -0.05) is 0 Å². The van der Waals surface area contributed by atoms with Crippen molar-refractivity contribution in [1.29, 1.82) is 0 Å². The lowest BCUT2D eigenvalue weighted by atomic mass is 10.2. The Labute approximate surface area is 96.7 Å². The van der Waals surface area contributed by atoms with E-state index in [1.165, 1.54) is 12.8 Å². The highest BCUT2D eigenvalue weighted by Gasteiger charge is 1.97. The van der Waals surface area contributed by atoms with Gasteiger partial charge in [0.1, 0.15) is 0 Å². The third kappa shape index (κ3) is 54.9. The van der Waals surface area contributed by atoms with E-state index >= 15 is 0 Å². The molecule has 0 aromatic rings. The number of ether oxygens (including phenoxy) is 1. The van der Waals surface area contributed by atoms with E-state index in [2.05, 4.69) is 0 Å². The van der Waals surface area contributed by atoms with Crippen molar-refractivity contribution in [3.63, 3.8) is 0 Å². The smallest absolute Gasteiger partial charge is 0.0967 e. The van der Waals surface area contributed by atoms with Crippen LogP contribution in [0.2, 0.25) is 0 Å². The first-order valence-electron chi connectivity index (χ1n) is 4.34. The van der Waals surface area contributed by atoms with Crippen molar-refractivity contribution in [1.82, 2.24) is 0 Å². The zero-order chi connectivity index (χ0) is 10.7. The highest BCUT2D eigenvalue weighted by molar-refractivity contribution is 6.40. The molecule has 1 rings (SSSR count). The van der Waals surface area contributed by atoms with E-state index in [0.29, 0.717) is 0 Å².